The van der Waals surface area contributed by atoms with Crippen molar-refractivity contribution < 1.29 is 0 Å². The van der Waals surface area contributed by atoms with E-state index in [-0.39, 0.29) is 6.04 Å². The van der Waals surface area contributed by atoms with Gasteiger partial charge >= 0.3 is 0 Å². The van der Waals surface area contributed by atoms with Gasteiger partial charge in [0.1, 0.15) is 0 Å². The van der Waals surface area contributed by atoms with Gasteiger partial charge in [0.05, 0.1) is 0 Å². The second-order valence-electron chi connectivity index (χ2n) is 7.21. The molecule has 2 aliphatic rings. The van der Waals surface area contributed by atoms with Crippen molar-refractivity contribution in [2.45, 2.75) is 57.4 Å². The predicted molar refractivity (Wildman–Crippen MR) is 89.2 cm³/mol. The summed E-state index contributed by atoms with van der Waals surface area (Å²) in [5, 5.41) is 0. The molecule has 2 N–H and O–H groups in total. The zero-order valence-corrected chi connectivity index (χ0v) is 13.3. The summed E-state index contributed by atoms with van der Waals surface area (Å²) in [6.07, 6.45) is 11.3. The van der Waals surface area contributed by atoms with Gasteiger partial charge < -0.3 is 10.6 Å². The minimum Gasteiger partial charge on any atom is -0.324 e. The molecular weight excluding hydrogens is 256 g/mol. The summed E-state index contributed by atoms with van der Waals surface area (Å²) in [5.41, 5.74) is 8.32. The van der Waals surface area contributed by atoms with Gasteiger partial charge in [0.2, 0.25) is 0 Å². The molecule has 1 aliphatic heterocycles. The average Bonchev–Trinajstić information content (AvgIpc) is 2.56. The van der Waals surface area contributed by atoms with E-state index in [1.807, 2.05) is 0 Å². The number of hydrogen-bond acceptors (Lipinski definition) is 2. The van der Waals surface area contributed by atoms with Crippen molar-refractivity contribution in [2.75, 3.05) is 19.6 Å². The smallest absolute Gasteiger partial charge is 0.0307 e. The van der Waals surface area contributed by atoms with E-state index in [4.69, 9.17) is 5.73 Å². The van der Waals surface area contributed by atoms with Crippen molar-refractivity contribution in [3.8, 4) is 0 Å². The van der Waals surface area contributed by atoms with E-state index in [9.17, 15) is 0 Å². The topological polar surface area (TPSA) is 29.3 Å². The third-order valence-electron chi connectivity index (χ3n) is 5.81. The van der Waals surface area contributed by atoms with Crippen molar-refractivity contribution >= 4 is 0 Å². The molecule has 3 rings (SSSR count). The van der Waals surface area contributed by atoms with Crippen LogP contribution >= 0.6 is 0 Å². The Morgan fingerprint density at radius 3 is 2.29 bits per heavy atom. The molecule has 1 aliphatic carbocycles. The minimum atomic E-state index is 0.191. The minimum absolute atomic E-state index is 0.191. The van der Waals surface area contributed by atoms with Crippen LogP contribution < -0.4 is 5.73 Å². The fourth-order valence-corrected chi connectivity index (χ4v) is 4.24. The van der Waals surface area contributed by atoms with Crippen molar-refractivity contribution in [3.63, 3.8) is 0 Å². The highest BCUT2D eigenvalue weighted by atomic mass is 15.1. The van der Waals surface area contributed by atoms with E-state index in [1.165, 1.54) is 63.6 Å². The Kier molecular flexibility index (Phi) is 4.97. The van der Waals surface area contributed by atoms with Gasteiger partial charge in [-0.2, -0.15) is 0 Å². The molecule has 1 aromatic rings. The second kappa shape index (κ2) is 6.93. The van der Waals surface area contributed by atoms with Crippen molar-refractivity contribution in [2.24, 2.45) is 11.1 Å². The maximum absolute atomic E-state index is 6.32. The molecule has 2 nitrogen and oxygen atoms in total. The number of nitrogens with two attached hydrogens (primary N) is 1. The first-order valence-electron chi connectivity index (χ1n) is 8.80. The molecule has 1 unspecified atom stereocenters. The van der Waals surface area contributed by atoms with E-state index in [2.05, 4.69) is 35.2 Å². The van der Waals surface area contributed by atoms with Crippen LogP contribution in [0, 0.1) is 5.41 Å². The zero-order chi connectivity index (χ0) is 14.5. The fourth-order valence-electron chi connectivity index (χ4n) is 4.24. The molecule has 0 radical (unpaired) electrons. The Bertz CT molecular complexity index is 412. The SMILES string of the molecule is NC(CCN1CCC2(CCCCC2)CC1)c1ccccc1. The Hall–Kier alpha value is -0.860. The summed E-state index contributed by atoms with van der Waals surface area (Å²) in [6.45, 7) is 3.75. The van der Waals surface area contributed by atoms with Crippen LogP contribution in [-0.2, 0) is 0 Å². The van der Waals surface area contributed by atoms with E-state index in [0.717, 1.165) is 18.4 Å². The van der Waals surface area contributed by atoms with Crippen LogP contribution in [0.15, 0.2) is 30.3 Å². The lowest BCUT2D eigenvalue weighted by Gasteiger charge is -2.44. The molecule has 0 aromatic heterocycles. The molecular formula is C19H30N2. The van der Waals surface area contributed by atoms with Crippen LogP contribution in [0.1, 0.15) is 63.0 Å². The summed E-state index contributed by atoms with van der Waals surface area (Å²) in [6, 6.07) is 10.7. The molecule has 21 heavy (non-hydrogen) atoms. The summed E-state index contributed by atoms with van der Waals surface area (Å²) < 4.78 is 0. The molecule has 1 spiro atoms. The van der Waals surface area contributed by atoms with Gasteiger partial charge in [-0.3, -0.25) is 0 Å². The van der Waals surface area contributed by atoms with Gasteiger partial charge in [0.25, 0.3) is 0 Å². The van der Waals surface area contributed by atoms with Crippen LogP contribution in [0.5, 0.6) is 0 Å². The highest BCUT2D eigenvalue weighted by Gasteiger charge is 2.35. The quantitative estimate of drug-likeness (QED) is 0.902. The number of likely N-dealkylation sites (tertiary alicyclic amines) is 1. The van der Waals surface area contributed by atoms with Crippen LogP contribution in [0.2, 0.25) is 0 Å². The van der Waals surface area contributed by atoms with E-state index >= 15 is 0 Å². The Morgan fingerprint density at radius 1 is 0.952 bits per heavy atom. The van der Waals surface area contributed by atoms with E-state index < -0.39 is 0 Å². The Morgan fingerprint density at radius 2 is 1.62 bits per heavy atom. The van der Waals surface area contributed by atoms with Crippen LogP contribution in [0.25, 0.3) is 0 Å². The lowest BCUT2D eigenvalue weighted by molar-refractivity contribution is 0.0664. The van der Waals surface area contributed by atoms with Gasteiger partial charge in [-0.1, -0.05) is 49.6 Å². The molecule has 1 atom stereocenters. The summed E-state index contributed by atoms with van der Waals surface area (Å²) in [7, 11) is 0. The second-order valence-corrected chi connectivity index (χ2v) is 7.21. The van der Waals surface area contributed by atoms with E-state index in [1.54, 1.807) is 0 Å². The molecule has 2 heteroatoms. The molecule has 2 fully saturated rings. The third-order valence-corrected chi connectivity index (χ3v) is 5.81. The van der Waals surface area contributed by atoms with Crippen molar-refractivity contribution in [3.05, 3.63) is 35.9 Å². The number of hydrogen-bond donors (Lipinski definition) is 1. The largest absolute Gasteiger partial charge is 0.324 e. The lowest BCUT2D eigenvalue weighted by atomic mass is 9.68. The van der Waals surface area contributed by atoms with Crippen LogP contribution in [0.4, 0.5) is 0 Å². The first-order chi connectivity index (χ1) is 10.3. The monoisotopic (exact) mass is 286 g/mol. The number of piperidine rings is 1. The maximum Gasteiger partial charge on any atom is 0.0307 e. The highest BCUT2D eigenvalue weighted by Crippen LogP contribution is 2.44. The van der Waals surface area contributed by atoms with Crippen LogP contribution in [-0.4, -0.2) is 24.5 Å². The van der Waals surface area contributed by atoms with E-state index in [0.29, 0.717) is 0 Å². The van der Waals surface area contributed by atoms with Gasteiger partial charge in [0.15, 0.2) is 0 Å². The van der Waals surface area contributed by atoms with Gasteiger partial charge in [0, 0.05) is 6.04 Å². The fraction of sp³-hybridized carbons (Fsp3) is 0.684. The molecule has 0 bridgehead atoms. The molecule has 1 heterocycles. The third kappa shape index (κ3) is 3.87. The molecule has 0 amide bonds. The average molecular weight is 286 g/mol. The number of nitrogens with zero attached hydrogens (tertiary/aromatic N) is 1. The maximum atomic E-state index is 6.32. The van der Waals surface area contributed by atoms with Crippen LogP contribution in [0.3, 0.4) is 0 Å². The summed E-state index contributed by atoms with van der Waals surface area (Å²) in [5.74, 6) is 0. The molecule has 1 saturated carbocycles. The van der Waals surface area contributed by atoms with Gasteiger partial charge in [-0.05, 0) is 62.7 Å². The molecule has 1 saturated heterocycles. The zero-order valence-electron chi connectivity index (χ0n) is 13.3. The molecule has 1 aromatic carbocycles. The Balaban J connectivity index is 1.43. The van der Waals surface area contributed by atoms with Crippen molar-refractivity contribution in [1.82, 2.24) is 4.90 Å². The number of benzene rings is 1. The lowest BCUT2D eigenvalue weighted by Crippen LogP contribution is -2.41. The normalized spacial score (nSPS) is 24.0. The summed E-state index contributed by atoms with van der Waals surface area (Å²) in [4.78, 5) is 2.64. The summed E-state index contributed by atoms with van der Waals surface area (Å²) >= 11 is 0. The first kappa shape index (κ1) is 15.1. The number of rotatable bonds is 4. The predicted octanol–water partition coefficient (Wildman–Crippen LogP) is 4.12. The Labute approximate surface area is 129 Å². The van der Waals surface area contributed by atoms with Gasteiger partial charge in [-0.15, -0.1) is 0 Å². The highest BCUT2D eigenvalue weighted by molar-refractivity contribution is 5.18. The molecule has 116 valence electrons. The standard InChI is InChI=1S/C19H30N2/c20-18(17-7-3-1-4-8-17)9-14-21-15-12-19(13-16-21)10-5-2-6-11-19/h1,3-4,7-8,18H,2,5-6,9-16,20H2. The van der Waals surface area contributed by atoms with Gasteiger partial charge in [-0.25, -0.2) is 0 Å². The first-order valence-corrected chi connectivity index (χ1v) is 8.80. The van der Waals surface area contributed by atoms with Crippen molar-refractivity contribution in [1.29, 1.82) is 0 Å².